The van der Waals surface area contributed by atoms with Crippen LogP contribution in [0.4, 0.5) is 11.4 Å². The topological polar surface area (TPSA) is 89.5 Å². The fraction of sp³-hybridized carbons (Fsp3) is 0.250. The molecule has 2 amide bonds. The van der Waals surface area contributed by atoms with Crippen LogP contribution in [0.15, 0.2) is 47.5 Å². The van der Waals surface area contributed by atoms with Crippen molar-refractivity contribution in [2.45, 2.75) is 11.7 Å². The third-order valence-corrected chi connectivity index (χ3v) is 5.75. The first-order valence-corrected chi connectivity index (χ1v) is 9.78. The molecule has 29 heavy (non-hydrogen) atoms. The first-order chi connectivity index (χ1) is 14.0. The number of aliphatic imine (C=N–C) groups is 1. The number of carbonyl (C=O) groups is 2. The molecular formula is C20H19N3O5S. The van der Waals surface area contributed by atoms with Crippen molar-refractivity contribution in [2.75, 3.05) is 26.3 Å². The number of amides is 2. The Hall–Kier alpha value is -3.20. The van der Waals surface area contributed by atoms with E-state index in [0.29, 0.717) is 33.8 Å². The summed E-state index contributed by atoms with van der Waals surface area (Å²) in [7, 11) is 3.18. The van der Waals surface area contributed by atoms with Crippen molar-refractivity contribution in [3.05, 3.63) is 42.5 Å². The van der Waals surface area contributed by atoms with E-state index in [1.165, 1.54) is 23.8 Å². The average molecular weight is 413 g/mol. The van der Waals surface area contributed by atoms with Crippen molar-refractivity contribution >= 4 is 40.1 Å². The molecule has 0 saturated carbocycles. The van der Waals surface area contributed by atoms with Crippen LogP contribution in [0.5, 0.6) is 17.2 Å². The van der Waals surface area contributed by atoms with Crippen LogP contribution in [0.2, 0.25) is 0 Å². The second-order valence-corrected chi connectivity index (χ2v) is 7.55. The maximum atomic E-state index is 12.8. The van der Waals surface area contributed by atoms with Gasteiger partial charge in [0.1, 0.15) is 11.0 Å². The van der Waals surface area contributed by atoms with Crippen molar-refractivity contribution < 1.29 is 23.8 Å². The summed E-state index contributed by atoms with van der Waals surface area (Å²) in [6.45, 7) is 0.174. The Bertz CT molecular complexity index is 994. The van der Waals surface area contributed by atoms with E-state index in [9.17, 15) is 9.59 Å². The molecule has 1 N–H and O–H groups in total. The zero-order valence-corrected chi connectivity index (χ0v) is 16.7. The smallest absolute Gasteiger partial charge is 0.238 e. The Morgan fingerprint density at radius 3 is 2.86 bits per heavy atom. The highest BCUT2D eigenvalue weighted by Gasteiger charge is 2.34. The lowest BCUT2D eigenvalue weighted by Gasteiger charge is -2.29. The van der Waals surface area contributed by atoms with Gasteiger partial charge in [-0.15, -0.1) is 0 Å². The van der Waals surface area contributed by atoms with Crippen LogP contribution in [-0.4, -0.2) is 48.1 Å². The number of methoxy groups -OCH3 is 1. The highest BCUT2D eigenvalue weighted by Crippen LogP contribution is 2.36. The second kappa shape index (κ2) is 8.04. The Balaban J connectivity index is 1.54. The molecule has 0 aromatic heterocycles. The summed E-state index contributed by atoms with van der Waals surface area (Å²) in [4.78, 5) is 31.2. The highest BCUT2D eigenvalue weighted by atomic mass is 32.2. The molecule has 9 heteroatoms. The summed E-state index contributed by atoms with van der Waals surface area (Å²) in [5, 5.41) is 2.68. The number of thioether (sulfide) groups is 1. The van der Waals surface area contributed by atoms with Crippen molar-refractivity contribution in [3.8, 4) is 17.2 Å². The molecule has 0 spiro atoms. The monoisotopic (exact) mass is 413 g/mol. The molecule has 2 aromatic carbocycles. The summed E-state index contributed by atoms with van der Waals surface area (Å²) in [5.41, 5.74) is 1.17. The van der Waals surface area contributed by atoms with Gasteiger partial charge in [0.05, 0.1) is 18.5 Å². The molecule has 2 aliphatic heterocycles. The van der Waals surface area contributed by atoms with E-state index >= 15 is 0 Å². The van der Waals surface area contributed by atoms with Gasteiger partial charge in [-0.05, 0) is 24.3 Å². The Labute approximate surface area is 171 Å². The molecule has 8 nitrogen and oxygen atoms in total. The molecule has 0 bridgehead atoms. The number of hydrogen-bond donors (Lipinski definition) is 1. The zero-order valence-electron chi connectivity index (χ0n) is 15.9. The molecule has 1 fully saturated rings. The number of amidine groups is 1. The lowest BCUT2D eigenvalue weighted by atomic mass is 10.2. The molecule has 0 radical (unpaired) electrons. The van der Waals surface area contributed by atoms with Crippen molar-refractivity contribution in [1.29, 1.82) is 0 Å². The number of hydrogen-bond acceptors (Lipinski definition) is 7. The van der Waals surface area contributed by atoms with Crippen molar-refractivity contribution in [2.24, 2.45) is 4.99 Å². The van der Waals surface area contributed by atoms with E-state index in [-0.39, 0.29) is 25.0 Å². The Kier molecular flexibility index (Phi) is 5.30. The Morgan fingerprint density at radius 2 is 2.03 bits per heavy atom. The first-order valence-electron chi connectivity index (χ1n) is 8.90. The summed E-state index contributed by atoms with van der Waals surface area (Å²) in [6, 6.07) is 12.4. The number of carbonyl (C=O) groups excluding carboxylic acids is 2. The van der Waals surface area contributed by atoms with Crippen LogP contribution < -0.4 is 19.5 Å². The van der Waals surface area contributed by atoms with Crippen LogP contribution >= 0.6 is 11.8 Å². The number of fused-ring (bicyclic) bond motifs is 1. The largest absolute Gasteiger partial charge is 0.495 e. The zero-order chi connectivity index (χ0) is 20.4. The molecule has 2 aliphatic rings. The van der Waals surface area contributed by atoms with Gasteiger partial charge >= 0.3 is 0 Å². The number of ether oxygens (including phenoxy) is 3. The van der Waals surface area contributed by atoms with E-state index in [0.717, 1.165) is 0 Å². The van der Waals surface area contributed by atoms with Gasteiger partial charge in [-0.25, -0.2) is 4.99 Å². The molecule has 1 atom stereocenters. The van der Waals surface area contributed by atoms with Gasteiger partial charge in [-0.1, -0.05) is 23.9 Å². The second-order valence-electron chi connectivity index (χ2n) is 6.38. The third-order valence-electron chi connectivity index (χ3n) is 4.51. The highest BCUT2D eigenvalue weighted by molar-refractivity contribution is 8.15. The SMILES string of the molecule is COc1ccccc1NC(=O)C1CC(=O)N(C)C(=Nc2ccc3c(c2)OCO3)S1. The fourth-order valence-electron chi connectivity index (χ4n) is 2.92. The van der Waals surface area contributed by atoms with E-state index in [1.54, 1.807) is 43.4 Å². The van der Waals surface area contributed by atoms with E-state index in [1.807, 2.05) is 6.07 Å². The fourth-order valence-corrected chi connectivity index (χ4v) is 3.99. The van der Waals surface area contributed by atoms with E-state index in [2.05, 4.69) is 10.3 Å². The number of benzene rings is 2. The lowest BCUT2D eigenvalue weighted by Crippen LogP contribution is -2.43. The summed E-state index contributed by atoms with van der Waals surface area (Å²) in [5.74, 6) is 1.36. The quantitative estimate of drug-likeness (QED) is 0.829. The summed E-state index contributed by atoms with van der Waals surface area (Å²) < 4.78 is 15.9. The molecule has 2 aromatic rings. The Morgan fingerprint density at radius 1 is 1.24 bits per heavy atom. The van der Waals surface area contributed by atoms with Crippen LogP contribution in [-0.2, 0) is 9.59 Å². The van der Waals surface area contributed by atoms with Gasteiger partial charge in [0.15, 0.2) is 16.7 Å². The van der Waals surface area contributed by atoms with Crippen LogP contribution in [0.25, 0.3) is 0 Å². The van der Waals surface area contributed by atoms with Gasteiger partial charge in [0.2, 0.25) is 18.6 Å². The minimum atomic E-state index is -0.601. The molecule has 1 unspecified atom stereocenters. The average Bonchev–Trinajstić information content (AvgIpc) is 3.19. The number of anilines is 1. The van der Waals surface area contributed by atoms with Gasteiger partial charge in [0, 0.05) is 19.5 Å². The standard InChI is InChI=1S/C20H19N3O5S/c1-23-18(24)10-17(19(25)22-13-5-3-4-6-14(13)26-2)29-20(23)21-12-7-8-15-16(9-12)28-11-27-15/h3-9,17H,10-11H2,1-2H3,(H,22,25). The molecule has 0 aliphatic carbocycles. The number of nitrogens with zero attached hydrogens (tertiary/aromatic N) is 2. The predicted molar refractivity (Wildman–Crippen MR) is 110 cm³/mol. The van der Waals surface area contributed by atoms with Gasteiger partial charge in [0.25, 0.3) is 0 Å². The van der Waals surface area contributed by atoms with Crippen LogP contribution in [0.1, 0.15) is 6.42 Å². The minimum absolute atomic E-state index is 0.0856. The predicted octanol–water partition coefficient (Wildman–Crippen LogP) is 3.01. The molecule has 4 rings (SSSR count). The summed E-state index contributed by atoms with van der Waals surface area (Å²) >= 11 is 1.24. The normalized spacial score (nSPS) is 19.4. The maximum absolute atomic E-state index is 12.8. The number of rotatable bonds is 4. The van der Waals surface area contributed by atoms with E-state index in [4.69, 9.17) is 14.2 Å². The van der Waals surface area contributed by atoms with Gasteiger partial charge in [-0.2, -0.15) is 0 Å². The van der Waals surface area contributed by atoms with Crippen molar-refractivity contribution in [1.82, 2.24) is 4.90 Å². The van der Waals surface area contributed by atoms with Crippen molar-refractivity contribution in [3.63, 3.8) is 0 Å². The van der Waals surface area contributed by atoms with Gasteiger partial charge in [-0.3, -0.25) is 14.5 Å². The summed E-state index contributed by atoms with van der Waals surface area (Å²) in [6.07, 6.45) is 0.0856. The van der Waals surface area contributed by atoms with Gasteiger partial charge < -0.3 is 19.5 Å². The molecule has 1 saturated heterocycles. The molecular weight excluding hydrogens is 394 g/mol. The van der Waals surface area contributed by atoms with E-state index < -0.39 is 5.25 Å². The molecule has 150 valence electrons. The first kappa shape index (κ1) is 19.1. The van der Waals surface area contributed by atoms with Crippen LogP contribution in [0, 0.1) is 0 Å². The number of nitrogens with one attached hydrogen (secondary N) is 1. The number of para-hydroxylation sites is 2. The maximum Gasteiger partial charge on any atom is 0.238 e. The minimum Gasteiger partial charge on any atom is -0.495 e. The third kappa shape index (κ3) is 4.00. The lowest BCUT2D eigenvalue weighted by molar-refractivity contribution is -0.128. The molecule has 2 heterocycles. The van der Waals surface area contributed by atoms with Crippen LogP contribution in [0.3, 0.4) is 0 Å².